The first-order valence-corrected chi connectivity index (χ1v) is 4.86. The van der Waals surface area contributed by atoms with Crippen molar-refractivity contribution in [2.45, 2.75) is 0 Å². The first kappa shape index (κ1) is 9.87. The fraction of sp³-hybridized carbons (Fsp3) is 0.143. The van der Waals surface area contributed by atoms with Crippen molar-refractivity contribution in [3.8, 4) is 11.6 Å². The Labute approximate surface area is 86.0 Å². The smallest absolute Gasteiger partial charge is 0.456 e. The largest absolute Gasteiger partial charge is 0.461 e. The Kier molecular flexibility index (Phi) is 2.52. The van der Waals surface area contributed by atoms with E-state index in [0.29, 0.717) is 0 Å². The summed E-state index contributed by atoms with van der Waals surface area (Å²) in [4.78, 5) is 11.2. The molecule has 2 rings (SSSR count). The van der Waals surface area contributed by atoms with Gasteiger partial charge in [0.2, 0.25) is 5.82 Å². The van der Waals surface area contributed by atoms with E-state index in [1.54, 1.807) is 12.1 Å². The van der Waals surface area contributed by atoms with Crippen LogP contribution in [0.1, 0.15) is 0 Å². The summed E-state index contributed by atoms with van der Waals surface area (Å²) in [6.45, 7) is 0. The highest BCUT2D eigenvalue weighted by Crippen LogP contribution is 2.16. The molecule has 0 saturated heterocycles. The van der Waals surface area contributed by atoms with Crippen molar-refractivity contribution in [2.24, 2.45) is 0 Å². The molecule has 0 N–H and O–H groups in total. The van der Waals surface area contributed by atoms with Gasteiger partial charge >= 0.3 is 5.76 Å². The van der Waals surface area contributed by atoms with Gasteiger partial charge in [-0.25, -0.2) is 9.00 Å². The number of hydrogen-bond acceptors (Lipinski definition) is 6. The molecule has 1 unspecified atom stereocenters. The van der Waals surface area contributed by atoms with E-state index in [1.165, 1.54) is 13.4 Å². The summed E-state index contributed by atoms with van der Waals surface area (Å²) in [5, 5.41) is 3.44. The summed E-state index contributed by atoms with van der Waals surface area (Å²) in [6.07, 6.45) is 1.40. The second-order valence-corrected chi connectivity index (χ2v) is 3.56. The summed E-state index contributed by atoms with van der Waals surface area (Å²) < 4.78 is 25.9. The van der Waals surface area contributed by atoms with Gasteiger partial charge in [-0.15, -0.1) is 3.97 Å². The van der Waals surface area contributed by atoms with Gasteiger partial charge in [0.15, 0.2) is 5.76 Å². The quantitative estimate of drug-likeness (QED) is 0.746. The minimum absolute atomic E-state index is 0.0187. The van der Waals surface area contributed by atoms with Crippen molar-refractivity contribution in [3.63, 3.8) is 0 Å². The highest BCUT2D eigenvalue weighted by Gasteiger charge is 2.19. The van der Waals surface area contributed by atoms with Crippen LogP contribution in [0.5, 0.6) is 0 Å². The van der Waals surface area contributed by atoms with E-state index in [9.17, 15) is 9.00 Å². The van der Waals surface area contributed by atoms with Crippen molar-refractivity contribution < 1.29 is 17.3 Å². The highest BCUT2D eigenvalue weighted by molar-refractivity contribution is 7.78. The third-order valence-electron chi connectivity index (χ3n) is 1.60. The molecule has 15 heavy (non-hydrogen) atoms. The van der Waals surface area contributed by atoms with Crippen molar-refractivity contribution >= 4 is 11.3 Å². The minimum Gasteiger partial charge on any atom is -0.461 e. The maximum absolute atomic E-state index is 11.3. The molecule has 0 fully saturated rings. The van der Waals surface area contributed by atoms with E-state index >= 15 is 0 Å². The van der Waals surface area contributed by atoms with E-state index in [-0.39, 0.29) is 11.6 Å². The van der Waals surface area contributed by atoms with Crippen LogP contribution in [-0.2, 0) is 15.4 Å². The van der Waals surface area contributed by atoms with Gasteiger partial charge in [0, 0.05) is 0 Å². The van der Waals surface area contributed by atoms with E-state index in [2.05, 4.69) is 13.9 Å². The number of aromatic nitrogens is 2. The van der Waals surface area contributed by atoms with Gasteiger partial charge in [-0.2, -0.15) is 0 Å². The third kappa shape index (κ3) is 1.64. The fourth-order valence-corrected chi connectivity index (χ4v) is 1.57. The van der Waals surface area contributed by atoms with Crippen LogP contribution in [0.3, 0.4) is 0 Å². The first-order valence-electron chi connectivity index (χ1n) is 3.83. The summed E-state index contributed by atoms with van der Waals surface area (Å²) >= 11 is -1.98. The molecular weight excluding hydrogens is 224 g/mol. The molecule has 0 spiro atoms. The zero-order valence-electron chi connectivity index (χ0n) is 7.58. The van der Waals surface area contributed by atoms with E-state index in [0.717, 1.165) is 3.97 Å². The van der Waals surface area contributed by atoms with Crippen molar-refractivity contribution in [2.75, 3.05) is 7.11 Å². The molecule has 2 aromatic heterocycles. The standard InChI is InChI=1S/C7H6N2O5S/c1-12-15(11)9-6(8-14-7(9)10)5-3-2-4-13-5/h2-4H,1H3. The molecule has 0 saturated carbocycles. The molecule has 0 aliphatic heterocycles. The molecule has 1 atom stereocenters. The Balaban J connectivity index is 2.59. The summed E-state index contributed by atoms with van der Waals surface area (Å²) in [6, 6.07) is 3.16. The number of nitrogens with zero attached hydrogens (tertiary/aromatic N) is 2. The van der Waals surface area contributed by atoms with Crippen LogP contribution in [-0.4, -0.2) is 20.4 Å². The van der Waals surface area contributed by atoms with Crippen LogP contribution in [0.2, 0.25) is 0 Å². The minimum atomic E-state index is -1.98. The van der Waals surface area contributed by atoms with Gasteiger partial charge < -0.3 is 4.42 Å². The molecule has 0 aliphatic rings. The van der Waals surface area contributed by atoms with Crippen molar-refractivity contribution in [1.29, 1.82) is 0 Å². The average Bonchev–Trinajstić information content (AvgIpc) is 2.85. The molecule has 8 heteroatoms. The predicted octanol–water partition coefficient (Wildman–Crippen LogP) is 0.169. The fourth-order valence-electron chi connectivity index (χ4n) is 1.000. The molecule has 0 aliphatic carbocycles. The Bertz CT molecular complexity index is 526. The Morgan fingerprint density at radius 3 is 3.00 bits per heavy atom. The van der Waals surface area contributed by atoms with Crippen LogP contribution in [0.15, 0.2) is 32.1 Å². The Hall–Kier alpha value is -1.67. The molecule has 2 aromatic rings. The van der Waals surface area contributed by atoms with Crippen LogP contribution in [0, 0.1) is 0 Å². The van der Waals surface area contributed by atoms with Gasteiger partial charge in [0.1, 0.15) is 0 Å². The predicted molar refractivity (Wildman–Crippen MR) is 49.0 cm³/mol. The molecular formula is C7H6N2O5S. The Morgan fingerprint density at radius 1 is 1.60 bits per heavy atom. The SMILES string of the molecule is COS(=O)n1c(-c2ccco2)noc1=O. The maximum Gasteiger partial charge on any atom is 0.456 e. The topological polar surface area (TPSA) is 87.5 Å². The zero-order valence-corrected chi connectivity index (χ0v) is 8.39. The van der Waals surface area contributed by atoms with Crippen LogP contribution in [0.25, 0.3) is 11.6 Å². The monoisotopic (exact) mass is 230 g/mol. The highest BCUT2D eigenvalue weighted by atomic mass is 32.2. The first-order chi connectivity index (χ1) is 7.24. The average molecular weight is 230 g/mol. The lowest BCUT2D eigenvalue weighted by Gasteiger charge is -1.97. The number of rotatable bonds is 3. The maximum atomic E-state index is 11.3. The van der Waals surface area contributed by atoms with Crippen LogP contribution in [0.4, 0.5) is 0 Å². The summed E-state index contributed by atoms with van der Waals surface area (Å²) in [7, 11) is 1.20. The molecule has 0 radical (unpaired) electrons. The van der Waals surface area contributed by atoms with Crippen LogP contribution >= 0.6 is 0 Å². The lowest BCUT2D eigenvalue weighted by molar-refractivity contribution is 0.380. The van der Waals surface area contributed by atoms with E-state index < -0.39 is 17.0 Å². The molecule has 0 aromatic carbocycles. The normalized spacial score (nSPS) is 12.9. The Morgan fingerprint density at radius 2 is 2.40 bits per heavy atom. The van der Waals surface area contributed by atoms with Crippen molar-refractivity contribution in [3.05, 3.63) is 28.9 Å². The van der Waals surface area contributed by atoms with Crippen LogP contribution < -0.4 is 5.76 Å². The van der Waals surface area contributed by atoms with Gasteiger partial charge in [-0.05, 0) is 12.1 Å². The van der Waals surface area contributed by atoms with E-state index in [4.69, 9.17) is 4.42 Å². The second kappa shape index (κ2) is 3.83. The third-order valence-corrected chi connectivity index (χ3v) is 2.51. The summed E-state index contributed by atoms with van der Waals surface area (Å²) in [5.41, 5.74) is 0. The van der Waals surface area contributed by atoms with Gasteiger partial charge in [-0.3, -0.25) is 8.71 Å². The van der Waals surface area contributed by atoms with Gasteiger partial charge in [0.05, 0.1) is 13.4 Å². The molecule has 2 heterocycles. The van der Waals surface area contributed by atoms with Gasteiger partial charge in [-0.1, -0.05) is 5.16 Å². The number of furan rings is 1. The molecule has 0 bridgehead atoms. The van der Waals surface area contributed by atoms with Crippen molar-refractivity contribution in [1.82, 2.24) is 9.13 Å². The molecule has 0 amide bonds. The van der Waals surface area contributed by atoms with Gasteiger partial charge in [0.25, 0.3) is 11.3 Å². The summed E-state index contributed by atoms with van der Waals surface area (Å²) in [5.74, 6) is -0.585. The lowest BCUT2D eigenvalue weighted by Crippen LogP contribution is -2.19. The lowest BCUT2D eigenvalue weighted by atomic mass is 10.4. The second-order valence-electron chi connectivity index (χ2n) is 2.43. The molecule has 7 nitrogen and oxygen atoms in total. The van der Waals surface area contributed by atoms with E-state index in [1.807, 2.05) is 0 Å². The molecule has 80 valence electrons. The number of hydrogen-bond donors (Lipinski definition) is 0. The zero-order chi connectivity index (χ0) is 10.8.